The zero-order valence-corrected chi connectivity index (χ0v) is 19.1. The predicted molar refractivity (Wildman–Crippen MR) is 124 cm³/mol. The van der Waals surface area contributed by atoms with Gasteiger partial charge in [-0.25, -0.2) is 9.36 Å². The van der Waals surface area contributed by atoms with Crippen LogP contribution in [-0.2, 0) is 30.9 Å². The van der Waals surface area contributed by atoms with Gasteiger partial charge in [-0.2, -0.15) is 5.26 Å². The second-order valence-electron chi connectivity index (χ2n) is 8.00. The molecule has 1 N–H and O–H groups in total. The van der Waals surface area contributed by atoms with Gasteiger partial charge in [0.05, 0.1) is 31.2 Å². The Morgan fingerprint density at radius 1 is 0.971 bits per heavy atom. The molecule has 0 spiro atoms. The van der Waals surface area contributed by atoms with E-state index in [0.29, 0.717) is 28.6 Å². The van der Waals surface area contributed by atoms with Crippen LogP contribution in [0.1, 0.15) is 42.5 Å². The quantitative estimate of drug-likeness (QED) is 0.467. The van der Waals surface area contributed by atoms with Gasteiger partial charge in [0.2, 0.25) is 0 Å². The van der Waals surface area contributed by atoms with E-state index in [-0.39, 0.29) is 25.7 Å². The second-order valence-corrected chi connectivity index (χ2v) is 8.00. The molecule has 176 valence electrons. The Morgan fingerprint density at radius 3 is 2.12 bits per heavy atom. The number of carbonyl (C=O) groups is 3. The molecule has 0 aliphatic heterocycles. The van der Waals surface area contributed by atoms with Gasteiger partial charge in [-0.05, 0) is 36.1 Å². The van der Waals surface area contributed by atoms with Crippen LogP contribution in [0.5, 0.6) is 0 Å². The molecule has 0 aliphatic carbocycles. The number of fused-ring (bicyclic) bond motifs is 1. The summed E-state index contributed by atoms with van der Waals surface area (Å²) in [6, 6.07) is 18.7. The Morgan fingerprint density at radius 2 is 1.59 bits per heavy atom. The third kappa shape index (κ3) is 5.09. The van der Waals surface area contributed by atoms with Gasteiger partial charge < -0.3 is 14.6 Å². The van der Waals surface area contributed by atoms with E-state index in [0.717, 1.165) is 5.56 Å². The van der Waals surface area contributed by atoms with Crippen LogP contribution in [0.3, 0.4) is 0 Å². The number of hydrogen-bond acceptors (Lipinski definition) is 6. The molecule has 0 atom stereocenters. The fourth-order valence-corrected chi connectivity index (χ4v) is 4.27. The van der Waals surface area contributed by atoms with Crippen molar-refractivity contribution in [3.63, 3.8) is 0 Å². The SMILES string of the molecule is COC(=O)CCC(C#N)(CCC(=O)OC)c1cccc2c1cc(Cc1ccccc1)n2C(=O)O. The monoisotopic (exact) mass is 462 g/mol. The van der Waals surface area contributed by atoms with Gasteiger partial charge in [0.1, 0.15) is 0 Å². The number of ether oxygens (including phenoxy) is 2. The first-order valence-corrected chi connectivity index (χ1v) is 10.8. The number of carbonyl (C=O) groups excluding carboxylic acids is 2. The average molecular weight is 463 g/mol. The van der Waals surface area contributed by atoms with Crippen LogP contribution in [0.25, 0.3) is 10.9 Å². The van der Waals surface area contributed by atoms with Crippen LogP contribution in [-0.4, -0.2) is 41.9 Å². The molecule has 3 rings (SSSR count). The fourth-order valence-electron chi connectivity index (χ4n) is 4.27. The normalized spacial score (nSPS) is 11.1. The lowest BCUT2D eigenvalue weighted by atomic mass is 9.73. The third-order valence-corrected chi connectivity index (χ3v) is 6.04. The molecule has 0 amide bonds. The molecule has 1 aromatic heterocycles. The van der Waals surface area contributed by atoms with E-state index in [1.165, 1.54) is 18.8 Å². The summed E-state index contributed by atoms with van der Waals surface area (Å²) in [6.07, 6.45) is -0.594. The maximum atomic E-state index is 12.2. The van der Waals surface area contributed by atoms with Crippen molar-refractivity contribution < 1.29 is 29.0 Å². The molecule has 8 nitrogen and oxygen atoms in total. The lowest BCUT2D eigenvalue weighted by Gasteiger charge is -2.27. The Hall–Kier alpha value is -4.12. The average Bonchev–Trinajstić information content (AvgIpc) is 3.22. The predicted octanol–water partition coefficient (Wildman–Crippen LogP) is 4.43. The Balaban J connectivity index is 2.17. The molecule has 0 fully saturated rings. The minimum Gasteiger partial charge on any atom is -0.469 e. The molecule has 0 saturated heterocycles. The number of aromatic nitrogens is 1. The second kappa shape index (κ2) is 10.7. The summed E-state index contributed by atoms with van der Waals surface area (Å²) in [6.45, 7) is 0. The number of rotatable bonds is 9. The van der Waals surface area contributed by atoms with Crippen LogP contribution in [0.4, 0.5) is 4.79 Å². The molecule has 0 saturated carbocycles. The summed E-state index contributed by atoms with van der Waals surface area (Å²) in [5.74, 6) is -0.949. The van der Waals surface area contributed by atoms with Crippen LogP contribution in [0.15, 0.2) is 54.6 Å². The minimum atomic E-state index is -1.23. The number of esters is 2. The highest BCUT2D eigenvalue weighted by Gasteiger charge is 2.36. The summed E-state index contributed by atoms with van der Waals surface area (Å²) in [7, 11) is 2.54. The minimum absolute atomic E-state index is 0.0296. The van der Waals surface area contributed by atoms with Crippen molar-refractivity contribution in [2.45, 2.75) is 37.5 Å². The first-order valence-electron chi connectivity index (χ1n) is 10.8. The molecule has 0 aliphatic rings. The van der Waals surface area contributed by atoms with Gasteiger partial charge in [-0.3, -0.25) is 9.59 Å². The molecule has 0 unspecified atom stereocenters. The van der Waals surface area contributed by atoms with Gasteiger partial charge in [-0.15, -0.1) is 0 Å². The third-order valence-electron chi connectivity index (χ3n) is 6.04. The number of nitrogens with zero attached hydrogens (tertiary/aromatic N) is 2. The van der Waals surface area contributed by atoms with Crippen molar-refractivity contribution in [1.29, 1.82) is 5.26 Å². The van der Waals surface area contributed by atoms with Gasteiger partial charge in [0.25, 0.3) is 0 Å². The first kappa shape index (κ1) is 24.5. The Kier molecular flexibility index (Phi) is 7.69. The molecule has 1 heterocycles. The van der Waals surface area contributed by atoms with Crippen molar-refractivity contribution in [2.24, 2.45) is 0 Å². The van der Waals surface area contributed by atoms with Crippen LogP contribution in [0.2, 0.25) is 0 Å². The number of carboxylic acid groups (broad SMARTS) is 1. The number of methoxy groups -OCH3 is 2. The van der Waals surface area contributed by atoms with Gasteiger partial charge in [0, 0.05) is 30.3 Å². The van der Waals surface area contributed by atoms with Crippen molar-refractivity contribution >= 4 is 28.9 Å². The highest BCUT2D eigenvalue weighted by Crippen LogP contribution is 2.39. The van der Waals surface area contributed by atoms with Crippen molar-refractivity contribution in [3.8, 4) is 6.07 Å². The number of benzene rings is 2. The molecular weight excluding hydrogens is 436 g/mol. The summed E-state index contributed by atoms with van der Waals surface area (Å²) in [4.78, 5) is 36.0. The standard InChI is InChI=1S/C26H26N2O6/c1-33-23(29)11-13-26(17-27,14-12-24(30)34-2)21-9-6-10-22-20(21)16-19(28(22)25(31)32)15-18-7-4-3-5-8-18/h3-10,16H,11-15H2,1-2H3,(H,31,32). The van der Waals surface area contributed by atoms with Crippen LogP contribution >= 0.6 is 0 Å². The Labute approximate surface area is 197 Å². The van der Waals surface area contributed by atoms with E-state index >= 15 is 0 Å². The molecule has 2 aromatic carbocycles. The zero-order chi connectivity index (χ0) is 24.7. The van der Waals surface area contributed by atoms with Crippen molar-refractivity contribution in [2.75, 3.05) is 14.2 Å². The van der Waals surface area contributed by atoms with E-state index in [9.17, 15) is 24.8 Å². The van der Waals surface area contributed by atoms with E-state index in [1.54, 1.807) is 24.3 Å². The van der Waals surface area contributed by atoms with Crippen molar-refractivity contribution in [3.05, 3.63) is 71.4 Å². The highest BCUT2D eigenvalue weighted by atomic mass is 16.5. The van der Waals surface area contributed by atoms with Crippen LogP contribution < -0.4 is 0 Å². The largest absolute Gasteiger partial charge is 0.469 e. The summed E-state index contributed by atoms with van der Waals surface area (Å²) >= 11 is 0. The summed E-state index contributed by atoms with van der Waals surface area (Å²) in [5.41, 5.74) is 1.27. The zero-order valence-electron chi connectivity index (χ0n) is 19.1. The van der Waals surface area contributed by atoms with Crippen LogP contribution in [0, 0.1) is 11.3 Å². The fraction of sp³-hybridized carbons (Fsp3) is 0.308. The smallest absolute Gasteiger partial charge is 0.416 e. The van der Waals surface area contributed by atoms with E-state index < -0.39 is 23.4 Å². The Bertz CT molecular complexity index is 1220. The summed E-state index contributed by atoms with van der Waals surface area (Å²) in [5, 5.41) is 20.9. The highest BCUT2D eigenvalue weighted by molar-refractivity contribution is 5.93. The van der Waals surface area contributed by atoms with Gasteiger partial charge in [0.15, 0.2) is 0 Å². The number of nitriles is 1. The molecule has 0 bridgehead atoms. The first-order chi connectivity index (χ1) is 16.3. The molecule has 8 heteroatoms. The topological polar surface area (TPSA) is 119 Å². The van der Waals surface area contributed by atoms with E-state index in [4.69, 9.17) is 9.47 Å². The van der Waals surface area contributed by atoms with Crippen molar-refractivity contribution in [1.82, 2.24) is 4.57 Å². The maximum Gasteiger partial charge on any atom is 0.416 e. The molecule has 34 heavy (non-hydrogen) atoms. The lowest BCUT2D eigenvalue weighted by molar-refractivity contribution is -0.141. The molecule has 3 aromatic rings. The van der Waals surface area contributed by atoms with E-state index in [2.05, 4.69) is 6.07 Å². The van der Waals surface area contributed by atoms with E-state index in [1.807, 2.05) is 30.3 Å². The van der Waals surface area contributed by atoms with Gasteiger partial charge in [-0.1, -0.05) is 42.5 Å². The molecule has 0 radical (unpaired) electrons. The number of hydrogen-bond donors (Lipinski definition) is 1. The van der Waals surface area contributed by atoms with Gasteiger partial charge >= 0.3 is 18.0 Å². The molecular formula is C26H26N2O6. The maximum absolute atomic E-state index is 12.2. The lowest BCUT2D eigenvalue weighted by Crippen LogP contribution is -2.27. The summed E-state index contributed by atoms with van der Waals surface area (Å²) < 4.78 is 10.7.